The van der Waals surface area contributed by atoms with Crippen molar-refractivity contribution in [2.24, 2.45) is 17.8 Å². The van der Waals surface area contributed by atoms with Crippen LogP contribution in [0.25, 0.3) is 0 Å². The Morgan fingerprint density at radius 3 is 2.76 bits per heavy atom. The molecule has 0 aromatic heterocycles. The van der Waals surface area contributed by atoms with Crippen LogP contribution in [0.5, 0.6) is 5.75 Å². The third-order valence-electron chi connectivity index (χ3n) is 4.20. The number of ether oxygens (including phenoxy) is 1. The minimum Gasteiger partial charge on any atom is -0.493 e. The molecule has 2 aliphatic rings. The van der Waals surface area contributed by atoms with E-state index in [-0.39, 0.29) is 0 Å². The van der Waals surface area contributed by atoms with Crippen molar-refractivity contribution in [3.8, 4) is 5.75 Å². The first-order valence-electron chi connectivity index (χ1n) is 6.71. The zero-order valence-corrected chi connectivity index (χ0v) is 10.6. The summed E-state index contributed by atoms with van der Waals surface area (Å²) in [7, 11) is 0. The van der Waals surface area contributed by atoms with Crippen LogP contribution in [0.3, 0.4) is 0 Å². The van der Waals surface area contributed by atoms with E-state index in [1.807, 2.05) is 0 Å². The first-order valence-corrected chi connectivity index (χ1v) is 6.71. The molecule has 1 fully saturated rings. The van der Waals surface area contributed by atoms with Crippen LogP contribution in [0.1, 0.15) is 31.9 Å². The van der Waals surface area contributed by atoms with Crippen LogP contribution in [0, 0.1) is 17.8 Å². The Bertz CT molecular complexity index is 404. The molecule has 1 aromatic rings. The second-order valence-corrected chi connectivity index (χ2v) is 5.69. The molecule has 1 aliphatic carbocycles. The molecule has 17 heavy (non-hydrogen) atoms. The Labute approximate surface area is 103 Å². The van der Waals surface area contributed by atoms with Gasteiger partial charge in [0.05, 0.1) is 6.61 Å². The fraction of sp³-hybridized carbons (Fsp3) is 0.600. The Hall–Kier alpha value is -1.02. The lowest BCUT2D eigenvalue weighted by molar-refractivity contribution is 0.187. The predicted octanol–water partition coefficient (Wildman–Crippen LogP) is 3.00. The number of para-hydroxylation sites is 1. The molecule has 0 radical (unpaired) electrons. The summed E-state index contributed by atoms with van der Waals surface area (Å²) in [6.45, 7) is 6.59. The van der Waals surface area contributed by atoms with Crippen molar-refractivity contribution < 1.29 is 4.74 Å². The van der Waals surface area contributed by atoms with E-state index >= 15 is 0 Å². The Balaban J connectivity index is 1.73. The van der Waals surface area contributed by atoms with Crippen molar-refractivity contribution in [1.82, 2.24) is 5.32 Å². The van der Waals surface area contributed by atoms with E-state index < -0.39 is 0 Å². The largest absolute Gasteiger partial charge is 0.493 e. The fourth-order valence-electron chi connectivity index (χ4n) is 2.77. The van der Waals surface area contributed by atoms with Crippen molar-refractivity contribution in [3.05, 3.63) is 29.8 Å². The highest BCUT2D eigenvalue weighted by Gasteiger charge is 2.34. The topological polar surface area (TPSA) is 21.3 Å². The maximum absolute atomic E-state index is 5.77. The summed E-state index contributed by atoms with van der Waals surface area (Å²) in [5.41, 5.74) is 1.33. The molecular formula is C15H21NO. The smallest absolute Gasteiger partial charge is 0.124 e. The summed E-state index contributed by atoms with van der Waals surface area (Å²) in [6, 6.07) is 8.89. The normalized spacial score (nSPS) is 34.9. The van der Waals surface area contributed by atoms with E-state index in [1.165, 1.54) is 12.0 Å². The van der Waals surface area contributed by atoms with Crippen molar-refractivity contribution >= 4 is 0 Å². The average molecular weight is 231 g/mol. The first kappa shape index (κ1) is 11.1. The van der Waals surface area contributed by atoms with Gasteiger partial charge in [-0.05, 0) is 30.9 Å². The quantitative estimate of drug-likeness (QED) is 0.863. The molecule has 0 spiro atoms. The van der Waals surface area contributed by atoms with Gasteiger partial charge in [-0.2, -0.15) is 0 Å². The Morgan fingerprint density at radius 1 is 1.24 bits per heavy atom. The summed E-state index contributed by atoms with van der Waals surface area (Å²) in [5.74, 6) is 3.44. The molecule has 1 heterocycles. The van der Waals surface area contributed by atoms with E-state index in [2.05, 4.69) is 43.4 Å². The second kappa shape index (κ2) is 4.34. The number of hydrogen-bond acceptors (Lipinski definition) is 2. The van der Waals surface area contributed by atoms with E-state index in [0.717, 1.165) is 30.7 Å². The molecule has 0 saturated heterocycles. The summed E-state index contributed by atoms with van der Waals surface area (Å²) in [6.07, 6.45) is 1.40. The van der Waals surface area contributed by atoms with Crippen molar-refractivity contribution in [1.29, 1.82) is 0 Å². The molecule has 2 nitrogen and oxygen atoms in total. The van der Waals surface area contributed by atoms with Gasteiger partial charge in [0, 0.05) is 17.5 Å². The van der Waals surface area contributed by atoms with Crippen LogP contribution >= 0.6 is 0 Å². The molecule has 1 saturated carbocycles. The number of fused-ring (bicyclic) bond motifs is 1. The number of nitrogens with one attached hydrogen (secondary N) is 1. The molecule has 1 aromatic carbocycles. The van der Waals surface area contributed by atoms with Crippen LogP contribution in [0.4, 0.5) is 0 Å². The van der Waals surface area contributed by atoms with Gasteiger partial charge < -0.3 is 10.1 Å². The molecule has 0 bridgehead atoms. The number of rotatable bonds is 3. The molecule has 2 heteroatoms. The van der Waals surface area contributed by atoms with Crippen molar-refractivity contribution in [3.63, 3.8) is 0 Å². The van der Waals surface area contributed by atoms with E-state index in [0.29, 0.717) is 12.0 Å². The standard InChI is InChI=1S/C15H21NO/c1-10-7-12(10)8-16-15-11(2)9-17-14-6-4-3-5-13(14)15/h3-6,10-12,15-16H,7-9H2,1-2H3. The predicted molar refractivity (Wildman–Crippen MR) is 69.1 cm³/mol. The Morgan fingerprint density at radius 2 is 2.00 bits per heavy atom. The van der Waals surface area contributed by atoms with Crippen LogP contribution in [-0.4, -0.2) is 13.2 Å². The van der Waals surface area contributed by atoms with E-state index in [9.17, 15) is 0 Å². The second-order valence-electron chi connectivity index (χ2n) is 5.69. The highest BCUT2D eigenvalue weighted by atomic mass is 16.5. The summed E-state index contributed by atoms with van der Waals surface area (Å²) in [4.78, 5) is 0. The fourth-order valence-corrected chi connectivity index (χ4v) is 2.77. The van der Waals surface area contributed by atoms with Gasteiger partial charge in [-0.15, -0.1) is 0 Å². The lowest BCUT2D eigenvalue weighted by Gasteiger charge is -2.32. The van der Waals surface area contributed by atoms with Gasteiger partial charge in [0.2, 0.25) is 0 Å². The SMILES string of the molecule is CC1CC1CNC1c2ccccc2OCC1C. The minimum absolute atomic E-state index is 0.466. The first-order chi connectivity index (χ1) is 8.25. The van der Waals surface area contributed by atoms with E-state index in [1.54, 1.807) is 0 Å². The van der Waals surface area contributed by atoms with Crippen LogP contribution in [0.2, 0.25) is 0 Å². The molecule has 4 unspecified atom stereocenters. The zero-order chi connectivity index (χ0) is 11.8. The molecular weight excluding hydrogens is 210 g/mol. The van der Waals surface area contributed by atoms with Gasteiger partial charge in [0.15, 0.2) is 0 Å². The minimum atomic E-state index is 0.466. The highest BCUT2D eigenvalue weighted by Crippen LogP contribution is 2.39. The lowest BCUT2D eigenvalue weighted by Crippen LogP contribution is -2.35. The maximum atomic E-state index is 5.77. The van der Waals surface area contributed by atoms with Gasteiger partial charge in [0.1, 0.15) is 5.75 Å². The van der Waals surface area contributed by atoms with E-state index in [4.69, 9.17) is 4.74 Å². The van der Waals surface area contributed by atoms with Crippen LogP contribution < -0.4 is 10.1 Å². The van der Waals surface area contributed by atoms with Crippen LogP contribution in [0.15, 0.2) is 24.3 Å². The average Bonchev–Trinajstić information content (AvgIpc) is 3.04. The molecule has 3 rings (SSSR count). The molecule has 1 aliphatic heterocycles. The lowest BCUT2D eigenvalue weighted by atomic mass is 9.92. The Kier molecular flexibility index (Phi) is 2.83. The van der Waals surface area contributed by atoms with Gasteiger partial charge >= 0.3 is 0 Å². The van der Waals surface area contributed by atoms with Crippen molar-refractivity contribution in [2.45, 2.75) is 26.3 Å². The highest BCUT2D eigenvalue weighted by molar-refractivity contribution is 5.37. The van der Waals surface area contributed by atoms with Gasteiger partial charge in [-0.25, -0.2) is 0 Å². The zero-order valence-electron chi connectivity index (χ0n) is 10.6. The third-order valence-corrected chi connectivity index (χ3v) is 4.20. The molecule has 92 valence electrons. The molecule has 4 atom stereocenters. The number of hydrogen-bond donors (Lipinski definition) is 1. The van der Waals surface area contributed by atoms with Gasteiger partial charge in [-0.1, -0.05) is 32.0 Å². The summed E-state index contributed by atoms with van der Waals surface area (Å²) < 4.78 is 5.77. The summed E-state index contributed by atoms with van der Waals surface area (Å²) >= 11 is 0. The summed E-state index contributed by atoms with van der Waals surface area (Å²) in [5, 5.41) is 3.74. The van der Waals surface area contributed by atoms with Gasteiger partial charge in [-0.3, -0.25) is 0 Å². The van der Waals surface area contributed by atoms with Crippen LogP contribution in [-0.2, 0) is 0 Å². The molecule has 1 N–H and O–H groups in total. The maximum Gasteiger partial charge on any atom is 0.124 e. The number of benzene rings is 1. The van der Waals surface area contributed by atoms with Crippen molar-refractivity contribution in [2.75, 3.05) is 13.2 Å². The van der Waals surface area contributed by atoms with Gasteiger partial charge in [0.25, 0.3) is 0 Å². The monoisotopic (exact) mass is 231 g/mol. The third kappa shape index (κ3) is 2.19. The molecule has 0 amide bonds.